The van der Waals surface area contributed by atoms with Crippen molar-refractivity contribution in [2.45, 2.75) is 20.4 Å². The van der Waals surface area contributed by atoms with E-state index >= 15 is 0 Å². The molecule has 0 atom stereocenters. The third-order valence-corrected chi connectivity index (χ3v) is 4.65. The van der Waals surface area contributed by atoms with Crippen LogP contribution in [0, 0.1) is 13.8 Å². The number of anilines is 2. The topological polar surface area (TPSA) is 64.7 Å². The van der Waals surface area contributed by atoms with Crippen LogP contribution < -0.4 is 15.5 Å². The molecule has 0 heterocycles. The minimum atomic E-state index is -0.136. The smallest absolute Gasteiger partial charge is 0.238 e. The van der Waals surface area contributed by atoms with E-state index in [2.05, 4.69) is 10.6 Å². The van der Waals surface area contributed by atoms with Crippen molar-refractivity contribution in [2.24, 2.45) is 0 Å². The van der Waals surface area contributed by atoms with Gasteiger partial charge in [0.05, 0.1) is 13.1 Å². The molecule has 0 saturated heterocycles. The molecule has 0 fully saturated rings. The van der Waals surface area contributed by atoms with Gasteiger partial charge in [-0.25, -0.2) is 0 Å². The van der Waals surface area contributed by atoms with E-state index < -0.39 is 0 Å². The Kier molecular flexibility index (Phi) is 7.58. The fourth-order valence-electron chi connectivity index (χ4n) is 2.79. The Labute approximate surface area is 167 Å². The second-order valence-corrected chi connectivity index (χ2v) is 7.31. The van der Waals surface area contributed by atoms with Crippen LogP contribution in [-0.2, 0) is 16.1 Å². The first-order valence-corrected chi connectivity index (χ1v) is 9.34. The lowest BCUT2D eigenvalue weighted by atomic mass is 10.1. The van der Waals surface area contributed by atoms with Gasteiger partial charge in [0.1, 0.15) is 0 Å². The van der Waals surface area contributed by atoms with Gasteiger partial charge in [0, 0.05) is 32.0 Å². The van der Waals surface area contributed by atoms with Crippen LogP contribution in [0.1, 0.15) is 16.7 Å². The van der Waals surface area contributed by atoms with Crippen molar-refractivity contribution in [1.29, 1.82) is 0 Å². The summed E-state index contributed by atoms with van der Waals surface area (Å²) in [5.74, 6) is -0.248. The zero-order valence-corrected chi connectivity index (χ0v) is 17.4. The van der Waals surface area contributed by atoms with Crippen molar-refractivity contribution in [3.63, 3.8) is 0 Å². The maximum Gasteiger partial charge on any atom is 0.238 e. The first kappa shape index (κ1) is 21.4. The van der Waals surface area contributed by atoms with Crippen LogP contribution in [0.4, 0.5) is 11.4 Å². The molecule has 0 aliphatic carbocycles. The number of amides is 2. The van der Waals surface area contributed by atoms with Crippen LogP contribution in [0.5, 0.6) is 0 Å². The molecule has 6 nitrogen and oxygen atoms in total. The van der Waals surface area contributed by atoms with Gasteiger partial charge >= 0.3 is 0 Å². The normalized spacial score (nSPS) is 10.6. The fourth-order valence-corrected chi connectivity index (χ4v) is 2.79. The number of carbonyl (C=O) groups excluding carboxylic acids is 2. The van der Waals surface area contributed by atoms with Crippen LogP contribution in [-0.4, -0.2) is 50.9 Å². The molecule has 0 bridgehead atoms. The van der Waals surface area contributed by atoms with E-state index in [1.807, 2.05) is 75.3 Å². The number of carbonyl (C=O) groups is 2. The summed E-state index contributed by atoms with van der Waals surface area (Å²) < 4.78 is 0. The Balaban J connectivity index is 1.77. The number of nitrogens with zero attached hydrogens (tertiary/aromatic N) is 2. The van der Waals surface area contributed by atoms with Crippen molar-refractivity contribution in [1.82, 2.24) is 10.2 Å². The van der Waals surface area contributed by atoms with E-state index in [4.69, 9.17) is 0 Å². The molecule has 2 aromatic carbocycles. The predicted molar refractivity (Wildman–Crippen MR) is 115 cm³/mol. The summed E-state index contributed by atoms with van der Waals surface area (Å²) in [5, 5.41) is 5.80. The molecule has 0 aliphatic rings. The standard InChI is InChI=1S/C22H30N4O2/c1-16-7-6-8-20(17(16)2)24-22(28)15-26(5)14-21(27)23-13-18-9-11-19(12-10-18)25(3)4/h6-12H,13-15H2,1-5H3,(H,23,27)(H,24,28). The van der Waals surface area contributed by atoms with Gasteiger partial charge in [0.2, 0.25) is 11.8 Å². The van der Waals surface area contributed by atoms with E-state index in [9.17, 15) is 9.59 Å². The average Bonchev–Trinajstić information content (AvgIpc) is 2.64. The van der Waals surface area contributed by atoms with Crippen molar-refractivity contribution in [2.75, 3.05) is 44.4 Å². The fraction of sp³-hybridized carbons (Fsp3) is 0.364. The monoisotopic (exact) mass is 382 g/mol. The first-order valence-electron chi connectivity index (χ1n) is 9.34. The summed E-state index contributed by atoms with van der Waals surface area (Å²) in [7, 11) is 5.74. The van der Waals surface area contributed by atoms with E-state index in [0.717, 1.165) is 28.1 Å². The Morgan fingerprint density at radius 3 is 2.18 bits per heavy atom. The average molecular weight is 383 g/mol. The number of benzene rings is 2. The Morgan fingerprint density at radius 2 is 1.54 bits per heavy atom. The third-order valence-electron chi connectivity index (χ3n) is 4.65. The van der Waals surface area contributed by atoms with E-state index in [1.165, 1.54) is 0 Å². The van der Waals surface area contributed by atoms with Gasteiger partial charge in [0.25, 0.3) is 0 Å². The van der Waals surface area contributed by atoms with Crippen LogP contribution in [0.15, 0.2) is 42.5 Å². The molecule has 2 amide bonds. The molecular formula is C22H30N4O2. The molecule has 0 spiro atoms. The largest absolute Gasteiger partial charge is 0.378 e. The maximum absolute atomic E-state index is 12.2. The van der Waals surface area contributed by atoms with Gasteiger partial charge < -0.3 is 15.5 Å². The summed E-state index contributed by atoms with van der Waals surface area (Å²) in [6.45, 7) is 4.77. The van der Waals surface area contributed by atoms with Gasteiger partial charge in [-0.2, -0.15) is 0 Å². The second-order valence-electron chi connectivity index (χ2n) is 7.31. The molecule has 2 N–H and O–H groups in total. The highest BCUT2D eigenvalue weighted by Gasteiger charge is 2.12. The molecule has 0 aliphatic heterocycles. The van der Waals surface area contributed by atoms with Crippen LogP contribution in [0.2, 0.25) is 0 Å². The van der Waals surface area contributed by atoms with Crippen molar-refractivity contribution >= 4 is 23.2 Å². The number of hydrogen-bond acceptors (Lipinski definition) is 4. The van der Waals surface area contributed by atoms with Crippen molar-refractivity contribution in [3.05, 3.63) is 59.2 Å². The SMILES string of the molecule is Cc1cccc(NC(=O)CN(C)CC(=O)NCc2ccc(N(C)C)cc2)c1C. The molecule has 2 rings (SSSR count). The Morgan fingerprint density at radius 1 is 0.893 bits per heavy atom. The van der Waals surface area contributed by atoms with Crippen LogP contribution >= 0.6 is 0 Å². The summed E-state index contributed by atoms with van der Waals surface area (Å²) in [6, 6.07) is 13.8. The van der Waals surface area contributed by atoms with E-state index in [0.29, 0.717) is 6.54 Å². The number of aryl methyl sites for hydroxylation is 1. The maximum atomic E-state index is 12.2. The zero-order chi connectivity index (χ0) is 20.7. The lowest BCUT2D eigenvalue weighted by Gasteiger charge is -2.17. The first-order chi connectivity index (χ1) is 13.3. The minimum Gasteiger partial charge on any atom is -0.378 e. The van der Waals surface area contributed by atoms with Crippen molar-refractivity contribution in [3.8, 4) is 0 Å². The van der Waals surface area contributed by atoms with Crippen LogP contribution in [0.3, 0.4) is 0 Å². The third kappa shape index (κ3) is 6.39. The summed E-state index contributed by atoms with van der Waals surface area (Å²) in [5.41, 5.74) is 5.14. The number of nitrogens with one attached hydrogen (secondary N) is 2. The Hall–Kier alpha value is -2.86. The molecular weight excluding hydrogens is 352 g/mol. The highest BCUT2D eigenvalue weighted by molar-refractivity contribution is 5.93. The highest BCUT2D eigenvalue weighted by atomic mass is 16.2. The summed E-state index contributed by atoms with van der Waals surface area (Å²) in [6.07, 6.45) is 0. The lowest BCUT2D eigenvalue weighted by Crippen LogP contribution is -2.38. The molecule has 0 aromatic heterocycles. The lowest BCUT2D eigenvalue weighted by molar-refractivity contribution is -0.123. The van der Waals surface area contributed by atoms with Gasteiger partial charge in [-0.15, -0.1) is 0 Å². The number of rotatable bonds is 8. The van der Waals surface area contributed by atoms with Gasteiger partial charge in [-0.1, -0.05) is 24.3 Å². The van der Waals surface area contributed by atoms with E-state index in [-0.39, 0.29) is 24.9 Å². The molecule has 2 aromatic rings. The molecule has 0 saturated carbocycles. The molecule has 0 unspecified atom stereocenters. The molecule has 6 heteroatoms. The number of hydrogen-bond donors (Lipinski definition) is 2. The van der Waals surface area contributed by atoms with Gasteiger partial charge in [-0.3, -0.25) is 14.5 Å². The van der Waals surface area contributed by atoms with Crippen LogP contribution in [0.25, 0.3) is 0 Å². The molecule has 150 valence electrons. The quantitative estimate of drug-likeness (QED) is 0.737. The highest BCUT2D eigenvalue weighted by Crippen LogP contribution is 2.17. The predicted octanol–water partition coefficient (Wildman–Crippen LogP) is 2.56. The minimum absolute atomic E-state index is 0.112. The van der Waals surface area contributed by atoms with Gasteiger partial charge in [0.15, 0.2) is 0 Å². The Bertz CT molecular complexity index is 816. The molecule has 28 heavy (non-hydrogen) atoms. The zero-order valence-electron chi connectivity index (χ0n) is 17.4. The second kappa shape index (κ2) is 9.90. The number of likely N-dealkylation sites (N-methyl/N-ethyl adjacent to an activating group) is 1. The molecule has 0 radical (unpaired) electrons. The van der Waals surface area contributed by atoms with Crippen molar-refractivity contribution < 1.29 is 9.59 Å². The van der Waals surface area contributed by atoms with E-state index in [1.54, 1.807) is 11.9 Å². The van der Waals surface area contributed by atoms with Gasteiger partial charge in [-0.05, 0) is 55.8 Å². The summed E-state index contributed by atoms with van der Waals surface area (Å²) in [4.78, 5) is 28.1. The summed E-state index contributed by atoms with van der Waals surface area (Å²) >= 11 is 0.